The van der Waals surface area contributed by atoms with Crippen molar-refractivity contribution in [2.45, 2.75) is 30.3 Å². The summed E-state index contributed by atoms with van der Waals surface area (Å²) in [6, 6.07) is 17.2. The number of pyridine rings is 1. The van der Waals surface area contributed by atoms with E-state index in [0.29, 0.717) is 22.2 Å². The molecule has 2 N–H and O–H groups in total. The summed E-state index contributed by atoms with van der Waals surface area (Å²) < 4.78 is 5.17. The number of nitrogens with zero attached hydrogens (tertiary/aromatic N) is 3. The van der Waals surface area contributed by atoms with E-state index < -0.39 is 0 Å². The van der Waals surface area contributed by atoms with Crippen LogP contribution in [0.15, 0.2) is 70.7 Å². The van der Waals surface area contributed by atoms with Crippen LogP contribution in [0.2, 0.25) is 0 Å². The Morgan fingerprint density at radius 2 is 1.91 bits per heavy atom. The van der Waals surface area contributed by atoms with Crippen molar-refractivity contribution in [3.8, 4) is 17.1 Å². The molecule has 0 radical (unpaired) electrons. The van der Waals surface area contributed by atoms with Crippen LogP contribution in [0.5, 0.6) is 5.75 Å². The quantitative estimate of drug-likeness (QED) is 0.433. The first-order chi connectivity index (χ1) is 15.5. The van der Waals surface area contributed by atoms with E-state index in [9.17, 15) is 4.79 Å². The third-order valence-corrected chi connectivity index (χ3v) is 6.01. The van der Waals surface area contributed by atoms with Gasteiger partial charge >= 0.3 is 0 Å². The number of carbonyl (C=O) groups is 1. The van der Waals surface area contributed by atoms with Crippen LogP contribution < -0.4 is 10.1 Å². The van der Waals surface area contributed by atoms with Crippen molar-refractivity contribution in [1.29, 1.82) is 0 Å². The summed E-state index contributed by atoms with van der Waals surface area (Å²) in [7, 11) is 1.62. The van der Waals surface area contributed by atoms with Crippen molar-refractivity contribution in [3.63, 3.8) is 0 Å². The highest BCUT2D eigenvalue weighted by Crippen LogP contribution is 2.30. The van der Waals surface area contributed by atoms with Crippen molar-refractivity contribution in [2.75, 3.05) is 7.11 Å². The van der Waals surface area contributed by atoms with Crippen molar-refractivity contribution >= 4 is 17.7 Å². The lowest BCUT2D eigenvalue weighted by atomic mass is 10.1. The lowest BCUT2D eigenvalue weighted by Gasteiger charge is -2.09. The normalized spacial score (nSPS) is 10.7. The van der Waals surface area contributed by atoms with E-state index in [1.54, 1.807) is 25.4 Å². The predicted octanol–water partition coefficient (Wildman–Crippen LogP) is 4.57. The number of nitrogens with one attached hydrogen (secondary N) is 2. The van der Waals surface area contributed by atoms with Gasteiger partial charge in [0.25, 0.3) is 5.91 Å². The predicted molar refractivity (Wildman–Crippen MR) is 124 cm³/mol. The van der Waals surface area contributed by atoms with Crippen LogP contribution >= 0.6 is 11.8 Å². The Hall–Kier alpha value is -3.65. The van der Waals surface area contributed by atoms with Gasteiger partial charge in [-0.2, -0.15) is 5.10 Å². The lowest BCUT2D eigenvalue weighted by molar-refractivity contribution is 0.0946. The molecule has 0 spiro atoms. The number of hydrogen-bond donors (Lipinski definition) is 2. The largest absolute Gasteiger partial charge is 0.497 e. The molecule has 0 aliphatic rings. The highest BCUT2D eigenvalue weighted by molar-refractivity contribution is 7.99. The number of aromatic amines is 1. The van der Waals surface area contributed by atoms with Crippen LogP contribution in [0, 0.1) is 13.8 Å². The number of hydrogen-bond acceptors (Lipinski definition) is 6. The monoisotopic (exact) mass is 445 g/mol. The molecular formula is C24H23N5O2S. The summed E-state index contributed by atoms with van der Waals surface area (Å²) >= 11 is 1.47. The van der Waals surface area contributed by atoms with E-state index in [1.165, 1.54) is 22.9 Å². The maximum absolute atomic E-state index is 12.9. The van der Waals surface area contributed by atoms with Gasteiger partial charge in [0.1, 0.15) is 16.6 Å². The highest BCUT2D eigenvalue weighted by Gasteiger charge is 2.15. The molecule has 32 heavy (non-hydrogen) atoms. The maximum atomic E-state index is 12.9. The molecule has 0 atom stereocenters. The van der Waals surface area contributed by atoms with Crippen LogP contribution in [-0.2, 0) is 6.54 Å². The topological polar surface area (TPSA) is 92.8 Å². The molecule has 2 aromatic heterocycles. The van der Waals surface area contributed by atoms with Gasteiger partial charge in [0.2, 0.25) is 0 Å². The van der Waals surface area contributed by atoms with Crippen LogP contribution in [-0.4, -0.2) is 33.2 Å². The molecular weight excluding hydrogens is 422 g/mol. The van der Waals surface area contributed by atoms with Crippen molar-refractivity contribution in [2.24, 2.45) is 0 Å². The Bertz CT molecular complexity index is 1240. The average Bonchev–Trinajstić information content (AvgIpc) is 3.29. The molecule has 0 unspecified atom stereocenters. The van der Waals surface area contributed by atoms with Crippen molar-refractivity contribution < 1.29 is 9.53 Å². The minimum absolute atomic E-state index is 0.216. The SMILES string of the molecule is COc1ccc(-c2n[nH]c(CNC(=O)c3cccnc3Sc3ccc(C)c(C)c3)n2)cc1. The zero-order chi connectivity index (χ0) is 22.5. The van der Waals surface area contributed by atoms with Gasteiger partial charge in [-0.3, -0.25) is 9.89 Å². The minimum atomic E-state index is -0.216. The van der Waals surface area contributed by atoms with Gasteiger partial charge in [-0.1, -0.05) is 17.8 Å². The molecule has 0 bridgehead atoms. The fraction of sp³-hybridized carbons (Fsp3) is 0.167. The second kappa shape index (κ2) is 9.65. The molecule has 0 aliphatic carbocycles. The minimum Gasteiger partial charge on any atom is -0.497 e. The van der Waals surface area contributed by atoms with E-state index in [-0.39, 0.29) is 12.5 Å². The van der Waals surface area contributed by atoms with Gasteiger partial charge in [-0.25, -0.2) is 9.97 Å². The van der Waals surface area contributed by atoms with Crippen LogP contribution in [0.3, 0.4) is 0 Å². The standard InChI is InChI=1S/C24H23N5O2S/c1-15-6-11-19(13-16(15)2)32-24-20(5-4-12-25-24)23(30)26-14-21-27-22(29-28-21)17-7-9-18(31-3)10-8-17/h4-13H,14H2,1-3H3,(H,26,30)(H,27,28,29). The van der Waals surface area contributed by atoms with Crippen LogP contribution in [0.4, 0.5) is 0 Å². The summed E-state index contributed by atoms with van der Waals surface area (Å²) in [4.78, 5) is 22.8. The molecule has 4 rings (SSSR count). The molecule has 0 fully saturated rings. The number of methoxy groups -OCH3 is 1. The number of aromatic nitrogens is 4. The van der Waals surface area contributed by atoms with Gasteiger partial charge in [-0.05, 0) is 73.5 Å². The fourth-order valence-corrected chi connectivity index (χ4v) is 4.02. The summed E-state index contributed by atoms with van der Waals surface area (Å²) in [5.41, 5.74) is 3.81. The first-order valence-electron chi connectivity index (χ1n) is 10.1. The van der Waals surface area contributed by atoms with Crippen LogP contribution in [0.25, 0.3) is 11.4 Å². The summed E-state index contributed by atoms with van der Waals surface area (Å²) in [6.45, 7) is 4.38. The van der Waals surface area contributed by atoms with E-state index in [1.807, 2.05) is 30.3 Å². The lowest BCUT2D eigenvalue weighted by Crippen LogP contribution is -2.24. The van der Waals surface area contributed by atoms with E-state index in [0.717, 1.165) is 16.2 Å². The fourth-order valence-electron chi connectivity index (χ4n) is 3.04. The Balaban J connectivity index is 1.43. The number of carbonyl (C=O) groups excluding carboxylic acids is 1. The molecule has 0 aliphatic heterocycles. The van der Waals surface area contributed by atoms with Crippen LogP contribution in [0.1, 0.15) is 27.3 Å². The third-order valence-electron chi connectivity index (χ3n) is 5.01. The van der Waals surface area contributed by atoms with Gasteiger partial charge in [0.15, 0.2) is 5.82 Å². The van der Waals surface area contributed by atoms with Gasteiger partial charge in [-0.15, -0.1) is 0 Å². The molecule has 0 saturated heterocycles. The zero-order valence-electron chi connectivity index (χ0n) is 18.0. The molecule has 1 amide bonds. The number of rotatable bonds is 7. The molecule has 2 aromatic carbocycles. The zero-order valence-corrected chi connectivity index (χ0v) is 18.9. The number of ether oxygens (including phenoxy) is 1. The van der Waals surface area contributed by atoms with Crippen molar-refractivity contribution in [3.05, 3.63) is 83.3 Å². The third kappa shape index (κ3) is 4.97. The molecule has 4 aromatic rings. The van der Waals surface area contributed by atoms with Crippen molar-refractivity contribution in [1.82, 2.24) is 25.5 Å². The second-order valence-electron chi connectivity index (χ2n) is 7.22. The number of H-pyrrole nitrogens is 1. The van der Waals surface area contributed by atoms with E-state index in [2.05, 4.69) is 51.5 Å². The van der Waals surface area contributed by atoms with E-state index >= 15 is 0 Å². The molecule has 0 saturated carbocycles. The highest BCUT2D eigenvalue weighted by atomic mass is 32.2. The summed E-state index contributed by atoms with van der Waals surface area (Å²) in [5, 5.41) is 10.7. The Morgan fingerprint density at radius 3 is 2.66 bits per heavy atom. The summed E-state index contributed by atoms with van der Waals surface area (Å²) in [6.07, 6.45) is 1.69. The average molecular weight is 446 g/mol. The van der Waals surface area contributed by atoms with Gasteiger partial charge < -0.3 is 10.1 Å². The maximum Gasteiger partial charge on any atom is 0.254 e. The second-order valence-corrected chi connectivity index (χ2v) is 8.28. The first-order valence-corrected chi connectivity index (χ1v) is 10.9. The molecule has 7 nitrogen and oxygen atoms in total. The molecule has 162 valence electrons. The number of benzene rings is 2. The summed E-state index contributed by atoms with van der Waals surface area (Å²) in [5.74, 6) is 1.68. The Kier molecular flexibility index (Phi) is 6.51. The molecule has 2 heterocycles. The smallest absolute Gasteiger partial charge is 0.254 e. The first kappa shape index (κ1) is 21.6. The van der Waals surface area contributed by atoms with Gasteiger partial charge in [0, 0.05) is 16.7 Å². The van der Waals surface area contributed by atoms with Gasteiger partial charge in [0.05, 0.1) is 19.2 Å². The van der Waals surface area contributed by atoms with E-state index in [4.69, 9.17) is 4.74 Å². The Morgan fingerprint density at radius 1 is 1.09 bits per heavy atom. The number of aryl methyl sites for hydroxylation is 2. The Labute approximate surface area is 190 Å². The number of amides is 1. The molecule has 8 heteroatoms.